The summed E-state index contributed by atoms with van der Waals surface area (Å²) in [5.41, 5.74) is 1.25. The molecule has 0 aliphatic rings. The Balaban J connectivity index is 1.94. The van der Waals surface area contributed by atoms with E-state index in [9.17, 15) is 18.0 Å². The first kappa shape index (κ1) is 25.2. The second kappa shape index (κ2) is 12.1. The van der Waals surface area contributed by atoms with Crippen LogP contribution in [-0.4, -0.2) is 65.2 Å². The van der Waals surface area contributed by atoms with E-state index < -0.39 is 16.1 Å². The molecule has 0 heterocycles. The quantitative estimate of drug-likeness (QED) is 0.509. The summed E-state index contributed by atoms with van der Waals surface area (Å²) in [6, 6.07) is 13.1. The fourth-order valence-corrected chi connectivity index (χ4v) is 3.77. The zero-order valence-electron chi connectivity index (χ0n) is 18.4. The lowest BCUT2D eigenvalue weighted by Gasteiger charge is -2.17. The van der Waals surface area contributed by atoms with Crippen molar-refractivity contribution in [2.75, 3.05) is 40.5 Å². The van der Waals surface area contributed by atoms with Gasteiger partial charge in [0.1, 0.15) is 12.4 Å². The van der Waals surface area contributed by atoms with Crippen molar-refractivity contribution >= 4 is 22.0 Å². The van der Waals surface area contributed by atoms with Crippen LogP contribution in [0.15, 0.2) is 53.4 Å². The molecule has 2 aromatic rings. The van der Waals surface area contributed by atoms with E-state index >= 15 is 0 Å². The normalized spacial score (nSPS) is 11.0. The van der Waals surface area contributed by atoms with Gasteiger partial charge in [-0.3, -0.25) is 4.79 Å². The van der Waals surface area contributed by atoms with E-state index in [0.29, 0.717) is 41.8 Å². The molecule has 2 amide bonds. The van der Waals surface area contributed by atoms with Crippen molar-refractivity contribution in [1.82, 2.24) is 9.62 Å². The van der Waals surface area contributed by atoms with Crippen LogP contribution in [0.25, 0.3) is 0 Å². The minimum atomic E-state index is -4.00. The molecule has 0 radical (unpaired) electrons. The Morgan fingerprint density at radius 2 is 1.72 bits per heavy atom. The molecule has 1 N–H and O–H groups in total. The number of para-hydroxylation sites is 1. The molecule has 0 saturated carbocycles. The van der Waals surface area contributed by atoms with Gasteiger partial charge in [-0.05, 0) is 43.2 Å². The summed E-state index contributed by atoms with van der Waals surface area (Å²) in [6.07, 6.45) is -0.447. The Morgan fingerprint density at radius 1 is 1.03 bits per heavy atom. The van der Waals surface area contributed by atoms with Crippen LogP contribution in [0.1, 0.15) is 22.8 Å². The number of carbonyl (C=O) groups excluding carboxylic acids is 2. The highest BCUT2D eigenvalue weighted by Crippen LogP contribution is 2.18. The molecule has 0 aliphatic carbocycles. The number of nitrogens with one attached hydrogen (secondary N) is 1. The third kappa shape index (κ3) is 6.69. The molecule has 0 spiro atoms. The van der Waals surface area contributed by atoms with Crippen LogP contribution in [0.2, 0.25) is 0 Å². The minimum Gasteiger partial charge on any atom is -0.490 e. The summed E-state index contributed by atoms with van der Waals surface area (Å²) in [7, 11) is -1.28. The summed E-state index contributed by atoms with van der Waals surface area (Å²) >= 11 is 0. The van der Waals surface area contributed by atoms with Gasteiger partial charge in [0.2, 0.25) is 0 Å². The number of carbonyl (C=O) groups is 2. The van der Waals surface area contributed by atoms with Crippen molar-refractivity contribution in [2.45, 2.75) is 18.2 Å². The third-order valence-corrected chi connectivity index (χ3v) is 6.22. The second-order valence-electron chi connectivity index (χ2n) is 6.66. The van der Waals surface area contributed by atoms with Crippen molar-refractivity contribution in [3.63, 3.8) is 0 Å². The highest BCUT2D eigenvalue weighted by Gasteiger charge is 2.26. The van der Waals surface area contributed by atoms with Crippen molar-refractivity contribution in [3.8, 4) is 5.75 Å². The van der Waals surface area contributed by atoms with Gasteiger partial charge in [-0.2, -0.15) is 0 Å². The Bertz CT molecular complexity index is 1010. The summed E-state index contributed by atoms with van der Waals surface area (Å²) in [5, 5.41) is 2.83. The summed E-state index contributed by atoms with van der Waals surface area (Å²) in [4.78, 5) is 24.2. The molecule has 0 bridgehead atoms. The molecule has 2 rings (SSSR count). The van der Waals surface area contributed by atoms with E-state index in [4.69, 9.17) is 14.2 Å². The number of amides is 2. The van der Waals surface area contributed by atoms with Crippen LogP contribution < -0.4 is 10.1 Å². The van der Waals surface area contributed by atoms with Crippen LogP contribution in [-0.2, 0) is 25.9 Å². The SMILES string of the molecule is CCOC(=O)N(C)S(=O)(=O)c1ccc(CCNC(=O)c2ccccc2OCCOC)cc1. The van der Waals surface area contributed by atoms with Gasteiger partial charge >= 0.3 is 6.09 Å². The molecule has 32 heavy (non-hydrogen) atoms. The molecule has 0 fully saturated rings. The Kier molecular flexibility index (Phi) is 9.48. The summed E-state index contributed by atoms with van der Waals surface area (Å²) < 4.78 is 40.8. The molecule has 174 valence electrons. The lowest BCUT2D eigenvalue weighted by Crippen LogP contribution is -2.33. The molecular formula is C22H28N2O7S. The molecule has 9 nitrogen and oxygen atoms in total. The minimum absolute atomic E-state index is 0.0250. The fourth-order valence-electron chi connectivity index (χ4n) is 2.73. The number of rotatable bonds is 11. The van der Waals surface area contributed by atoms with Gasteiger partial charge in [0.15, 0.2) is 0 Å². The van der Waals surface area contributed by atoms with Gasteiger partial charge in [-0.15, -0.1) is 0 Å². The van der Waals surface area contributed by atoms with E-state index in [-0.39, 0.29) is 17.4 Å². The molecule has 0 aromatic heterocycles. The lowest BCUT2D eigenvalue weighted by atomic mass is 10.1. The van der Waals surface area contributed by atoms with Crippen molar-refractivity contribution in [3.05, 3.63) is 59.7 Å². The Labute approximate surface area is 188 Å². The maximum Gasteiger partial charge on any atom is 0.423 e. The van der Waals surface area contributed by atoms with E-state index in [0.717, 1.165) is 12.6 Å². The highest BCUT2D eigenvalue weighted by atomic mass is 32.2. The Hall–Kier alpha value is -3.11. The zero-order chi connectivity index (χ0) is 23.6. The number of hydrogen-bond acceptors (Lipinski definition) is 7. The molecule has 2 aromatic carbocycles. The van der Waals surface area contributed by atoms with Crippen LogP contribution in [0.5, 0.6) is 5.75 Å². The summed E-state index contributed by atoms with van der Waals surface area (Å²) in [6.45, 7) is 2.77. The van der Waals surface area contributed by atoms with Crippen LogP contribution in [0, 0.1) is 0 Å². The molecule has 0 saturated heterocycles. The number of nitrogens with zero attached hydrogens (tertiary/aromatic N) is 1. The first-order valence-electron chi connectivity index (χ1n) is 10.0. The third-order valence-electron chi connectivity index (χ3n) is 4.48. The lowest BCUT2D eigenvalue weighted by molar-refractivity contribution is 0.0946. The monoisotopic (exact) mass is 464 g/mol. The van der Waals surface area contributed by atoms with E-state index in [1.165, 1.54) is 12.1 Å². The molecule has 0 aliphatic heterocycles. The average molecular weight is 465 g/mol. The standard InChI is InChI=1S/C22H28N2O7S/c1-4-30-22(26)24(2)32(27,28)18-11-9-17(10-12-18)13-14-23-21(25)19-7-5-6-8-20(19)31-16-15-29-3/h5-12H,4,13-16H2,1-3H3,(H,23,25). The number of methoxy groups -OCH3 is 1. The number of hydrogen-bond donors (Lipinski definition) is 1. The van der Waals surface area contributed by atoms with Gasteiger partial charge in [0, 0.05) is 20.7 Å². The predicted molar refractivity (Wildman–Crippen MR) is 118 cm³/mol. The van der Waals surface area contributed by atoms with Crippen molar-refractivity contribution in [1.29, 1.82) is 0 Å². The largest absolute Gasteiger partial charge is 0.490 e. The van der Waals surface area contributed by atoms with Gasteiger partial charge in [-0.1, -0.05) is 24.3 Å². The molecule has 0 atom stereocenters. The average Bonchev–Trinajstić information content (AvgIpc) is 2.79. The van der Waals surface area contributed by atoms with E-state index in [1.54, 1.807) is 50.4 Å². The molecule has 0 unspecified atom stereocenters. The number of ether oxygens (including phenoxy) is 3. The van der Waals surface area contributed by atoms with Crippen LogP contribution >= 0.6 is 0 Å². The maximum absolute atomic E-state index is 12.5. The highest BCUT2D eigenvalue weighted by molar-refractivity contribution is 7.89. The van der Waals surface area contributed by atoms with Gasteiger partial charge < -0.3 is 19.5 Å². The van der Waals surface area contributed by atoms with E-state index in [2.05, 4.69) is 5.32 Å². The van der Waals surface area contributed by atoms with Gasteiger partial charge in [0.05, 0.1) is 23.7 Å². The first-order valence-corrected chi connectivity index (χ1v) is 11.5. The van der Waals surface area contributed by atoms with Crippen molar-refractivity contribution < 1.29 is 32.2 Å². The summed E-state index contributed by atoms with van der Waals surface area (Å²) in [5.74, 6) is 0.204. The zero-order valence-corrected chi connectivity index (χ0v) is 19.2. The topological polar surface area (TPSA) is 111 Å². The molecule has 10 heteroatoms. The molecular weight excluding hydrogens is 436 g/mol. The smallest absolute Gasteiger partial charge is 0.423 e. The van der Waals surface area contributed by atoms with Crippen molar-refractivity contribution in [2.24, 2.45) is 0 Å². The van der Waals surface area contributed by atoms with Crippen LogP contribution in [0.3, 0.4) is 0 Å². The first-order chi connectivity index (χ1) is 15.3. The number of sulfonamides is 1. The van der Waals surface area contributed by atoms with Gasteiger partial charge in [-0.25, -0.2) is 17.5 Å². The van der Waals surface area contributed by atoms with E-state index in [1.807, 2.05) is 0 Å². The van der Waals surface area contributed by atoms with Gasteiger partial charge in [0.25, 0.3) is 15.9 Å². The Morgan fingerprint density at radius 3 is 2.38 bits per heavy atom. The maximum atomic E-state index is 12.5. The second-order valence-corrected chi connectivity index (χ2v) is 8.63. The predicted octanol–water partition coefficient (Wildman–Crippen LogP) is 2.46. The van der Waals surface area contributed by atoms with Crippen LogP contribution in [0.4, 0.5) is 4.79 Å². The fraction of sp³-hybridized carbons (Fsp3) is 0.364. The number of benzene rings is 2.